The van der Waals surface area contributed by atoms with E-state index in [0.29, 0.717) is 23.4 Å². The molecule has 0 N–H and O–H groups in total. The highest BCUT2D eigenvalue weighted by Crippen LogP contribution is 2.35. The van der Waals surface area contributed by atoms with Crippen LogP contribution >= 0.6 is 23.2 Å². The molecule has 0 aliphatic heterocycles. The molecule has 0 saturated carbocycles. The summed E-state index contributed by atoms with van der Waals surface area (Å²) in [7, 11) is 0. The number of hydrogen-bond acceptors (Lipinski definition) is 1. The number of pyridine rings is 1. The number of halogens is 3. The Morgan fingerprint density at radius 2 is 1.31 bits per heavy atom. The summed E-state index contributed by atoms with van der Waals surface area (Å²) >= 11 is 13.3. The first kappa shape index (κ1) is 23.1. The monoisotopic (exact) mass is 527 g/mol. The third kappa shape index (κ3) is 3.75. The molecule has 0 bridgehead atoms. The SMILES string of the molecule is Clc1c(Cl)[n+](Cc2cc3ccc4cccc5ccc(c2)c3c45)cn1Cc1ccc2ccccc2n1.[Cl-]. The molecule has 0 spiro atoms. The molecule has 0 aliphatic rings. The molecule has 36 heavy (non-hydrogen) atoms. The van der Waals surface area contributed by atoms with E-state index in [1.165, 1.54) is 37.9 Å². The van der Waals surface area contributed by atoms with Gasteiger partial charge < -0.3 is 12.4 Å². The molecule has 2 aromatic heterocycles. The minimum absolute atomic E-state index is 0. The summed E-state index contributed by atoms with van der Waals surface area (Å²) in [6.45, 7) is 1.18. The van der Waals surface area contributed by atoms with Gasteiger partial charge in [-0.05, 0) is 85.3 Å². The molecular weight excluding hydrogens is 509 g/mol. The van der Waals surface area contributed by atoms with Crippen molar-refractivity contribution >= 4 is 66.4 Å². The van der Waals surface area contributed by atoms with Crippen molar-refractivity contribution in [3.8, 4) is 0 Å². The number of imidazole rings is 1. The molecule has 0 atom stereocenters. The second-order valence-corrected chi connectivity index (χ2v) is 9.79. The average molecular weight is 529 g/mol. The molecule has 0 saturated heterocycles. The van der Waals surface area contributed by atoms with Crippen LogP contribution in [-0.2, 0) is 13.1 Å². The van der Waals surface area contributed by atoms with E-state index >= 15 is 0 Å². The second-order valence-electron chi connectivity index (χ2n) is 9.08. The van der Waals surface area contributed by atoms with Crippen LogP contribution < -0.4 is 17.0 Å². The lowest BCUT2D eigenvalue weighted by Gasteiger charge is -2.12. The van der Waals surface area contributed by atoms with Gasteiger partial charge in [0, 0.05) is 5.39 Å². The van der Waals surface area contributed by atoms with Gasteiger partial charge in [0.15, 0.2) is 0 Å². The Morgan fingerprint density at radius 3 is 2.06 bits per heavy atom. The van der Waals surface area contributed by atoms with Crippen LogP contribution in [0.1, 0.15) is 11.3 Å². The zero-order chi connectivity index (χ0) is 23.5. The number of fused-ring (bicyclic) bond motifs is 1. The Labute approximate surface area is 224 Å². The van der Waals surface area contributed by atoms with Crippen molar-refractivity contribution in [2.45, 2.75) is 13.1 Å². The van der Waals surface area contributed by atoms with Gasteiger partial charge in [0.25, 0.3) is 10.3 Å². The van der Waals surface area contributed by atoms with Gasteiger partial charge in [-0.25, -0.2) is 14.1 Å². The molecule has 0 fully saturated rings. The van der Waals surface area contributed by atoms with Gasteiger partial charge in [0.05, 0.1) is 11.2 Å². The van der Waals surface area contributed by atoms with Crippen molar-refractivity contribution in [1.82, 2.24) is 9.55 Å². The fourth-order valence-electron chi connectivity index (χ4n) is 5.20. The summed E-state index contributed by atoms with van der Waals surface area (Å²) in [5.74, 6) is 0. The molecule has 6 heteroatoms. The highest BCUT2D eigenvalue weighted by Gasteiger charge is 2.21. The maximum absolute atomic E-state index is 6.68. The number of nitrogens with zero attached hydrogens (tertiary/aromatic N) is 3. The fraction of sp³-hybridized carbons (Fsp3) is 0.0667. The van der Waals surface area contributed by atoms with E-state index in [1.54, 1.807) is 0 Å². The first-order valence-electron chi connectivity index (χ1n) is 11.6. The number of rotatable bonds is 4. The van der Waals surface area contributed by atoms with Crippen LogP contribution in [0.2, 0.25) is 10.3 Å². The fourth-order valence-corrected chi connectivity index (χ4v) is 5.63. The molecule has 0 unspecified atom stereocenters. The topological polar surface area (TPSA) is 21.7 Å². The van der Waals surface area contributed by atoms with Gasteiger partial charge >= 0.3 is 0 Å². The minimum atomic E-state index is 0. The summed E-state index contributed by atoms with van der Waals surface area (Å²) < 4.78 is 3.95. The lowest BCUT2D eigenvalue weighted by Crippen LogP contribution is -3.00. The molecule has 7 aromatic rings. The largest absolute Gasteiger partial charge is 1.00 e. The van der Waals surface area contributed by atoms with Crippen LogP contribution in [0.25, 0.3) is 43.2 Å². The van der Waals surface area contributed by atoms with E-state index in [4.69, 9.17) is 28.2 Å². The lowest BCUT2D eigenvalue weighted by molar-refractivity contribution is -0.685. The summed E-state index contributed by atoms with van der Waals surface area (Å²) in [6.07, 6.45) is 1.98. The van der Waals surface area contributed by atoms with Crippen LogP contribution in [-0.4, -0.2) is 9.55 Å². The Kier molecular flexibility index (Phi) is 5.72. The van der Waals surface area contributed by atoms with E-state index in [-0.39, 0.29) is 12.4 Å². The number of para-hydroxylation sites is 1. The van der Waals surface area contributed by atoms with Gasteiger partial charge in [-0.1, -0.05) is 66.7 Å². The first-order chi connectivity index (χ1) is 17.1. The van der Waals surface area contributed by atoms with E-state index in [2.05, 4.69) is 66.7 Å². The normalized spacial score (nSPS) is 11.6. The molecular formula is C30H20Cl3N3. The Balaban J connectivity index is 0.00000240. The highest BCUT2D eigenvalue weighted by atomic mass is 35.5. The summed E-state index contributed by atoms with van der Waals surface area (Å²) in [5.41, 5.74) is 3.09. The molecule has 0 aliphatic carbocycles. The predicted molar refractivity (Wildman–Crippen MR) is 145 cm³/mol. The predicted octanol–water partition coefficient (Wildman–Crippen LogP) is 4.63. The molecule has 0 radical (unpaired) electrons. The summed E-state index contributed by atoms with van der Waals surface area (Å²) in [6, 6.07) is 32.1. The number of benzene rings is 5. The van der Waals surface area contributed by atoms with Gasteiger partial charge in [-0.2, -0.15) is 0 Å². The van der Waals surface area contributed by atoms with Crippen molar-refractivity contribution in [1.29, 1.82) is 0 Å². The average Bonchev–Trinajstić information content (AvgIpc) is 3.14. The quantitative estimate of drug-likeness (QED) is 0.241. The highest BCUT2D eigenvalue weighted by molar-refractivity contribution is 6.39. The van der Waals surface area contributed by atoms with Crippen LogP contribution in [0.3, 0.4) is 0 Å². The molecule has 0 amide bonds. The molecule has 176 valence electrons. The standard InChI is InChI=1S/C30H20Cl2N3.ClH/c31-29-30(32)35(17-25-13-12-20-4-1-2-7-26(20)33-25)18-34(29)16-19-14-23-10-8-21-5-3-6-22-9-11-24(15-19)28(23)27(21)22;/h1-15,18H,16-17H2;1H/q+1;/p-1. The molecule has 3 nitrogen and oxygen atoms in total. The zero-order valence-corrected chi connectivity index (χ0v) is 21.4. The molecule has 2 heterocycles. The van der Waals surface area contributed by atoms with Crippen LogP contribution in [0.4, 0.5) is 0 Å². The van der Waals surface area contributed by atoms with Gasteiger partial charge in [0.1, 0.15) is 13.1 Å². The minimum Gasteiger partial charge on any atom is -1.00 e. The van der Waals surface area contributed by atoms with Crippen molar-refractivity contribution in [2.75, 3.05) is 0 Å². The van der Waals surface area contributed by atoms with Crippen LogP contribution in [0.15, 0.2) is 97.3 Å². The third-order valence-electron chi connectivity index (χ3n) is 6.82. The Hall–Kier alpha value is -3.37. The number of hydrogen-bond donors (Lipinski definition) is 0. The van der Waals surface area contributed by atoms with Crippen molar-refractivity contribution in [3.63, 3.8) is 0 Å². The van der Waals surface area contributed by atoms with Crippen molar-refractivity contribution < 1.29 is 17.0 Å². The Morgan fingerprint density at radius 1 is 0.694 bits per heavy atom. The van der Waals surface area contributed by atoms with Gasteiger partial charge in [0.2, 0.25) is 6.33 Å². The summed E-state index contributed by atoms with van der Waals surface area (Å²) in [5, 5.41) is 9.84. The van der Waals surface area contributed by atoms with Crippen molar-refractivity contribution in [2.24, 2.45) is 0 Å². The zero-order valence-electron chi connectivity index (χ0n) is 19.1. The smallest absolute Gasteiger partial charge is 0.255 e. The van der Waals surface area contributed by atoms with Gasteiger partial charge in [-0.15, -0.1) is 0 Å². The van der Waals surface area contributed by atoms with E-state index in [9.17, 15) is 0 Å². The van der Waals surface area contributed by atoms with Crippen LogP contribution in [0, 0.1) is 0 Å². The van der Waals surface area contributed by atoms with Crippen LogP contribution in [0.5, 0.6) is 0 Å². The lowest BCUT2D eigenvalue weighted by atomic mass is 9.93. The molecule has 7 rings (SSSR count). The van der Waals surface area contributed by atoms with Gasteiger partial charge in [-0.3, -0.25) is 0 Å². The number of aromatic nitrogens is 3. The third-order valence-corrected chi connectivity index (χ3v) is 7.71. The molecule has 5 aromatic carbocycles. The van der Waals surface area contributed by atoms with Crippen molar-refractivity contribution in [3.05, 3.63) is 119 Å². The second kappa shape index (κ2) is 8.94. The van der Waals surface area contributed by atoms with E-state index < -0.39 is 0 Å². The van der Waals surface area contributed by atoms with E-state index in [1.807, 2.05) is 39.7 Å². The maximum atomic E-state index is 6.68. The summed E-state index contributed by atoms with van der Waals surface area (Å²) in [4.78, 5) is 4.78. The first-order valence-corrected chi connectivity index (χ1v) is 12.3. The Bertz CT molecular complexity index is 1830. The maximum Gasteiger partial charge on any atom is 0.255 e. The van der Waals surface area contributed by atoms with E-state index in [0.717, 1.165) is 16.6 Å².